The van der Waals surface area contributed by atoms with Crippen molar-refractivity contribution in [3.8, 4) is 17.2 Å². The normalized spacial score (nSPS) is 12.0. The summed E-state index contributed by atoms with van der Waals surface area (Å²) in [4.78, 5) is 1.28. The number of aryl methyl sites for hydroxylation is 1. The van der Waals surface area contributed by atoms with E-state index in [4.69, 9.17) is 14.2 Å². The first-order valence-corrected chi connectivity index (χ1v) is 7.55. The average molecular weight is 307 g/mol. The van der Waals surface area contributed by atoms with Crippen molar-refractivity contribution in [2.24, 2.45) is 0 Å². The Bertz CT molecular complexity index is 610. The van der Waals surface area contributed by atoms with Crippen LogP contribution in [0.15, 0.2) is 23.6 Å². The molecule has 1 atom stereocenters. The van der Waals surface area contributed by atoms with Crippen LogP contribution in [0, 0.1) is 6.92 Å². The third kappa shape index (κ3) is 2.99. The zero-order chi connectivity index (χ0) is 15.4. The first kappa shape index (κ1) is 15.7. The summed E-state index contributed by atoms with van der Waals surface area (Å²) < 4.78 is 16.4. The van der Waals surface area contributed by atoms with Gasteiger partial charge in [0.15, 0.2) is 11.5 Å². The maximum atomic E-state index is 5.58. The van der Waals surface area contributed by atoms with E-state index in [0.29, 0.717) is 17.2 Å². The molecule has 0 bridgehead atoms. The van der Waals surface area contributed by atoms with E-state index in [0.717, 1.165) is 5.56 Å². The molecule has 0 saturated carbocycles. The lowest BCUT2D eigenvalue weighted by atomic mass is 9.99. The van der Waals surface area contributed by atoms with Crippen LogP contribution in [0.5, 0.6) is 17.2 Å². The third-order valence-electron chi connectivity index (χ3n) is 3.42. The lowest BCUT2D eigenvalue weighted by Crippen LogP contribution is -2.18. The topological polar surface area (TPSA) is 39.7 Å². The molecule has 2 aromatic rings. The minimum absolute atomic E-state index is 0.0460. The molecule has 1 heterocycles. The van der Waals surface area contributed by atoms with Gasteiger partial charge in [0.05, 0.1) is 27.4 Å². The van der Waals surface area contributed by atoms with Crippen molar-refractivity contribution >= 4 is 11.3 Å². The zero-order valence-electron chi connectivity index (χ0n) is 13.0. The molecule has 1 N–H and O–H groups in total. The Balaban J connectivity index is 2.55. The van der Waals surface area contributed by atoms with Crippen LogP contribution in [-0.4, -0.2) is 28.4 Å². The van der Waals surface area contributed by atoms with Crippen molar-refractivity contribution in [2.45, 2.75) is 13.0 Å². The molecule has 1 unspecified atom stereocenters. The van der Waals surface area contributed by atoms with Gasteiger partial charge in [-0.25, -0.2) is 0 Å². The number of rotatable bonds is 6. The summed E-state index contributed by atoms with van der Waals surface area (Å²) >= 11 is 1.74. The Kier molecular flexibility index (Phi) is 5.09. The molecule has 21 heavy (non-hydrogen) atoms. The molecule has 0 saturated heterocycles. The predicted molar refractivity (Wildman–Crippen MR) is 86.1 cm³/mol. The largest absolute Gasteiger partial charge is 0.493 e. The molecule has 0 aliphatic heterocycles. The van der Waals surface area contributed by atoms with E-state index in [-0.39, 0.29) is 6.04 Å². The van der Waals surface area contributed by atoms with Gasteiger partial charge in [-0.2, -0.15) is 0 Å². The van der Waals surface area contributed by atoms with Crippen LogP contribution in [0.25, 0.3) is 0 Å². The fourth-order valence-electron chi connectivity index (χ4n) is 2.47. The molecule has 1 aromatic heterocycles. The molecule has 4 nitrogen and oxygen atoms in total. The van der Waals surface area contributed by atoms with E-state index in [2.05, 4.69) is 23.7 Å². The molecule has 0 amide bonds. The van der Waals surface area contributed by atoms with Gasteiger partial charge < -0.3 is 19.5 Å². The van der Waals surface area contributed by atoms with Crippen LogP contribution in [0.2, 0.25) is 0 Å². The fraction of sp³-hybridized carbons (Fsp3) is 0.375. The standard InChI is InChI=1S/C16H21NO3S/c1-10-8-11(9-21-10)14(17-2)12-6-7-13(18-3)16(20-5)15(12)19-4/h6-9,14,17H,1-5H3. The van der Waals surface area contributed by atoms with E-state index in [1.807, 2.05) is 19.2 Å². The number of ether oxygens (including phenoxy) is 3. The number of nitrogens with one attached hydrogen (secondary N) is 1. The molecular weight excluding hydrogens is 286 g/mol. The first-order chi connectivity index (χ1) is 10.2. The Morgan fingerprint density at radius 1 is 1.05 bits per heavy atom. The number of methoxy groups -OCH3 is 3. The Morgan fingerprint density at radius 3 is 2.24 bits per heavy atom. The van der Waals surface area contributed by atoms with Gasteiger partial charge in [-0.3, -0.25) is 0 Å². The quantitative estimate of drug-likeness (QED) is 0.888. The summed E-state index contributed by atoms with van der Waals surface area (Å²) in [5.74, 6) is 1.97. The second kappa shape index (κ2) is 6.83. The number of hydrogen-bond acceptors (Lipinski definition) is 5. The van der Waals surface area contributed by atoms with Gasteiger partial charge in [0, 0.05) is 10.4 Å². The van der Waals surface area contributed by atoms with Crippen LogP contribution in [-0.2, 0) is 0 Å². The smallest absolute Gasteiger partial charge is 0.203 e. The van der Waals surface area contributed by atoms with Crippen molar-refractivity contribution in [2.75, 3.05) is 28.4 Å². The molecule has 0 fully saturated rings. The van der Waals surface area contributed by atoms with Gasteiger partial charge >= 0.3 is 0 Å². The maximum Gasteiger partial charge on any atom is 0.203 e. The highest BCUT2D eigenvalue weighted by molar-refractivity contribution is 7.10. The summed E-state index contributed by atoms with van der Waals surface area (Å²) in [5, 5.41) is 5.50. The molecule has 5 heteroatoms. The second-order valence-electron chi connectivity index (χ2n) is 4.64. The molecule has 0 aliphatic carbocycles. The van der Waals surface area contributed by atoms with Gasteiger partial charge in [0.1, 0.15) is 0 Å². The highest BCUT2D eigenvalue weighted by Gasteiger charge is 2.23. The van der Waals surface area contributed by atoms with Gasteiger partial charge in [-0.1, -0.05) is 0 Å². The first-order valence-electron chi connectivity index (χ1n) is 6.67. The van der Waals surface area contributed by atoms with Gasteiger partial charge in [-0.05, 0) is 43.1 Å². The minimum atomic E-state index is 0.0460. The monoisotopic (exact) mass is 307 g/mol. The summed E-state index contributed by atoms with van der Waals surface area (Å²) in [5.41, 5.74) is 2.24. The Hall–Kier alpha value is -1.72. The van der Waals surface area contributed by atoms with Crippen LogP contribution < -0.4 is 19.5 Å². The number of thiophene rings is 1. The zero-order valence-corrected chi connectivity index (χ0v) is 13.8. The molecule has 0 radical (unpaired) electrons. The maximum absolute atomic E-state index is 5.58. The van der Waals surface area contributed by atoms with E-state index in [1.54, 1.807) is 32.7 Å². The predicted octanol–water partition coefficient (Wildman–Crippen LogP) is 3.39. The Labute approximate surface area is 129 Å². The second-order valence-corrected chi connectivity index (χ2v) is 5.75. The summed E-state index contributed by atoms with van der Waals surface area (Å²) in [6.07, 6.45) is 0. The molecule has 1 aromatic carbocycles. The van der Waals surface area contributed by atoms with Crippen LogP contribution in [0.3, 0.4) is 0 Å². The van der Waals surface area contributed by atoms with Gasteiger partial charge in [0.2, 0.25) is 5.75 Å². The average Bonchev–Trinajstić information content (AvgIpc) is 2.93. The lowest BCUT2D eigenvalue weighted by Gasteiger charge is -2.21. The highest BCUT2D eigenvalue weighted by Crippen LogP contribution is 2.43. The number of benzene rings is 1. The van der Waals surface area contributed by atoms with E-state index >= 15 is 0 Å². The van der Waals surface area contributed by atoms with E-state index in [9.17, 15) is 0 Å². The summed E-state index contributed by atoms with van der Waals surface area (Å²) in [6.45, 7) is 2.10. The van der Waals surface area contributed by atoms with Crippen LogP contribution in [0.4, 0.5) is 0 Å². The van der Waals surface area contributed by atoms with Gasteiger partial charge in [0.25, 0.3) is 0 Å². The van der Waals surface area contributed by atoms with Crippen molar-refractivity contribution in [3.63, 3.8) is 0 Å². The molecule has 114 valence electrons. The number of hydrogen-bond donors (Lipinski definition) is 1. The minimum Gasteiger partial charge on any atom is -0.493 e. The summed E-state index contributed by atoms with van der Waals surface area (Å²) in [6, 6.07) is 6.14. The van der Waals surface area contributed by atoms with Crippen molar-refractivity contribution in [1.29, 1.82) is 0 Å². The van der Waals surface area contributed by atoms with E-state index in [1.165, 1.54) is 10.4 Å². The van der Waals surface area contributed by atoms with Crippen molar-refractivity contribution in [3.05, 3.63) is 39.6 Å². The molecule has 0 aliphatic rings. The molecule has 0 spiro atoms. The highest BCUT2D eigenvalue weighted by atomic mass is 32.1. The SMILES string of the molecule is CNC(c1csc(C)c1)c1ccc(OC)c(OC)c1OC. The van der Waals surface area contributed by atoms with Gasteiger partial charge in [-0.15, -0.1) is 11.3 Å². The third-order valence-corrected chi connectivity index (χ3v) is 4.30. The van der Waals surface area contributed by atoms with Crippen molar-refractivity contribution < 1.29 is 14.2 Å². The van der Waals surface area contributed by atoms with Crippen molar-refractivity contribution in [1.82, 2.24) is 5.32 Å². The molecular formula is C16H21NO3S. The summed E-state index contributed by atoms with van der Waals surface area (Å²) in [7, 11) is 6.82. The van der Waals surface area contributed by atoms with Crippen LogP contribution >= 0.6 is 11.3 Å². The van der Waals surface area contributed by atoms with Crippen LogP contribution in [0.1, 0.15) is 22.0 Å². The van der Waals surface area contributed by atoms with E-state index < -0.39 is 0 Å². The lowest BCUT2D eigenvalue weighted by molar-refractivity contribution is 0.320. The fourth-order valence-corrected chi connectivity index (χ4v) is 3.20. The molecule has 2 rings (SSSR count). The Morgan fingerprint density at radius 2 is 1.76 bits per heavy atom.